The van der Waals surface area contributed by atoms with Crippen LogP contribution in [0.5, 0.6) is 11.5 Å². The van der Waals surface area contributed by atoms with Crippen molar-refractivity contribution < 1.29 is 14.3 Å². The fraction of sp³-hybridized carbons (Fsp3) is 0.211. The molecule has 5 heteroatoms. The van der Waals surface area contributed by atoms with E-state index in [-0.39, 0.29) is 5.91 Å². The summed E-state index contributed by atoms with van der Waals surface area (Å²) in [7, 11) is 5.24. The molecule has 0 aliphatic heterocycles. The van der Waals surface area contributed by atoms with Gasteiger partial charge in [0.1, 0.15) is 11.5 Å². The summed E-state index contributed by atoms with van der Waals surface area (Å²) in [5.41, 5.74) is 2.76. The summed E-state index contributed by atoms with van der Waals surface area (Å²) in [4.78, 5) is 12.3. The van der Waals surface area contributed by atoms with Crippen LogP contribution in [0.4, 0.5) is 0 Å². The highest BCUT2D eigenvalue weighted by molar-refractivity contribution is 5.94. The second kappa shape index (κ2) is 6.66. The summed E-state index contributed by atoms with van der Waals surface area (Å²) in [5.74, 6) is 1.42. The van der Waals surface area contributed by atoms with Gasteiger partial charge in [-0.05, 0) is 48.0 Å². The van der Waals surface area contributed by atoms with Crippen LogP contribution in [-0.2, 0) is 13.6 Å². The summed E-state index contributed by atoms with van der Waals surface area (Å²) in [5, 5.41) is 4.04. The zero-order chi connectivity index (χ0) is 17.1. The van der Waals surface area contributed by atoms with Gasteiger partial charge in [0.15, 0.2) is 0 Å². The van der Waals surface area contributed by atoms with E-state index in [1.807, 2.05) is 36.0 Å². The van der Waals surface area contributed by atoms with Crippen molar-refractivity contribution in [3.05, 3.63) is 59.8 Å². The average Bonchev–Trinajstić information content (AvgIpc) is 2.95. The largest absolute Gasteiger partial charge is 0.497 e. The lowest BCUT2D eigenvalue weighted by Crippen LogP contribution is -2.22. The Morgan fingerprint density at radius 3 is 2.38 bits per heavy atom. The molecule has 0 atom stereocenters. The molecule has 124 valence electrons. The molecule has 2 aromatic carbocycles. The highest BCUT2D eigenvalue weighted by Gasteiger charge is 2.10. The average molecular weight is 324 g/mol. The molecule has 0 fully saturated rings. The van der Waals surface area contributed by atoms with E-state index in [4.69, 9.17) is 9.47 Å². The van der Waals surface area contributed by atoms with Gasteiger partial charge in [-0.15, -0.1) is 0 Å². The van der Waals surface area contributed by atoms with Crippen LogP contribution in [0.2, 0.25) is 0 Å². The number of rotatable bonds is 5. The fourth-order valence-electron chi connectivity index (χ4n) is 2.74. The molecular weight excluding hydrogens is 304 g/mol. The Kier molecular flexibility index (Phi) is 4.42. The second-order valence-electron chi connectivity index (χ2n) is 5.56. The maximum atomic E-state index is 12.3. The number of aromatic nitrogens is 1. The predicted octanol–water partition coefficient (Wildman–Crippen LogP) is 3.13. The minimum Gasteiger partial charge on any atom is -0.497 e. The van der Waals surface area contributed by atoms with Crippen molar-refractivity contribution in [1.82, 2.24) is 9.88 Å². The molecule has 3 rings (SSSR count). The normalized spacial score (nSPS) is 10.6. The number of amides is 1. The molecule has 0 bridgehead atoms. The van der Waals surface area contributed by atoms with E-state index < -0.39 is 0 Å². The molecule has 0 spiro atoms. The van der Waals surface area contributed by atoms with Gasteiger partial charge in [0.25, 0.3) is 5.91 Å². The van der Waals surface area contributed by atoms with Crippen molar-refractivity contribution in [2.75, 3.05) is 14.2 Å². The van der Waals surface area contributed by atoms with Crippen LogP contribution in [0.25, 0.3) is 10.9 Å². The van der Waals surface area contributed by atoms with E-state index in [0.29, 0.717) is 12.1 Å². The number of ether oxygens (including phenoxy) is 2. The first kappa shape index (κ1) is 15.9. The van der Waals surface area contributed by atoms with Crippen molar-refractivity contribution >= 4 is 16.8 Å². The van der Waals surface area contributed by atoms with Crippen LogP contribution in [0, 0.1) is 0 Å². The first-order valence-electron chi connectivity index (χ1n) is 7.66. The summed E-state index contributed by atoms with van der Waals surface area (Å²) in [6.07, 6.45) is 2.03. The van der Waals surface area contributed by atoms with E-state index in [0.717, 1.165) is 28.0 Å². The smallest absolute Gasteiger partial charge is 0.251 e. The number of benzene rings is 2. The van der Waals surface area contributed by atoms with E-state index in [2.05, 4.69) is 5.32 Å². The van der Waals surface area contributed by atoms with E-state index in [1.54, 1.807) is 38.5 Å². The minimum atomic E-state index is -0.113. The number of carbonyl (C=O) groups is 1. The number of fused-ring (bicyclic) bond motifs is 1. The molecule has 1 heterocycles. The molecule has 0 aliphatic rings. The Labute approximate surface area is 140 Å². The van der Waals surface area contributed by atoms with Crippen molar-refractivity contribution in [2.24, 2.45) is 7.05 Å². The maximum absolute atomic E-state index is 12.3. The highest BCUT2D eigenvalue weighted by atomic mass is 16.5. The van der Waals surface area contributed by atoms with Gasteiger partial charge >= 0.3 is 0 Å². The van der Waals surface area contributed by atoms with Crippen LogP contribution in [0.15, 0.2) is 48.7 Å². The van der Waals surface area contributed by atoms with E-state index >= 15 is 0 Å². The standard InChI is InChI=1S/C19H20N2O3/c1-21-12-14(17-10-16(24-3)8-9-18(17)21)11-20-19(22)13-4-6-15(23-2)7-5-13/h4-10,12H,11H2,1-3H3,(H,20,22). The van der Waals surface area contributed by atoms with Gasteiger partial charge in [0, 0.05) is 36.3 Å². The summed E-state index contributed by atoms with van der Waals surface area (Å²) < 4.78 is 12.4. The lowest BCUT2D eigenvalue weighted by molar-refractivity contribution is 0.0951. The summed E-state index contributed by atoms with van der Waals surface area (Å²) in [6, 6.07) is 13.0. The van der Waals surface area contributed by atoms with Gasteiger partial charge in [-0.1, -0.05) is 0 Å². The van der Waals surface area contributed by atoms with Gasteiger partial charge < -0.3 is 19.4 Å². The van der Waals surface area contributed by atoms with Gasteiger partial charge in [-0.2, -0.15) is 0 Å². The molecule has 0 aliphatic carbocycles. The van der Waals surface area contributed by atoms with Crippen LogP contribution in [0.1, 0.15) is 15.9 Å². The topological polar surface area (TPSA) is 52.5 Å². The number of methoxy groups -OCH3 is 2. The predicted molar refractivity (Wildman–Crippen MR) is 93.6 cm³/mol. The van der Waals surface area contributed by atoms with Crippen LogP contribution in [-0.4, -0.2) is 24.7 Å². The number of nitrogens with one attached hydrogen (secondary N) is 1. The first-order valence-corrected chi connectivity index (χ1v) is 7.66. The van der Waals surface area contributed by atoms with Crippen LogP contribution < -0.4 is 14.8 Å². The Bertz CT molecular complexity index is 866. The van der Waals surface area contributed by atoms with E-state index in [9.17, 15) is 4.79 Å². The molecular formula is C19H20N2O3. The molecule has 1 amide bonds. The van der Waals surface area contributed by atoms with Crippen molar-refractivity contribution in [1.29, 1.82) is 0 Å². The maximum Gasteiger partial charge on any atom is 0.251 e. The van der Waals surface area contributed by atoms with Crippen molar-refractivity contribution in [2.45, 2.75) is 6.54 Å². The molecule has 24 heavy (non-hydrogen) atoms. The first-order chi connectivity index (χ1) is 11.6. The van der Waals surface area contributed by atoms with Gasteiger partial charge in [0.05, 0.1) is 14.2 Å². The molecule has 0 saturated carbocycles. The Balaban J connectivity index is 1.78. The molecule has 0 unspecified atom stereocenters. The van der Waals surface area contributed by atoms with Crippen LogP contribution >= 0.6 is 0 Å². The second-order valence-corrected chi connectivity index (χ2v) is 5.56. The van der Waals surface area contributed by atoms with Crippen LogP contribution in [0.3, 0.4) is 0 Å². The zero-order valence-corrected chi connectivity index (χ0v) is 14.0. The molecule has 1 N–H and O–H groups in total. The quantitative estimate of drug-likeness (QED) is 0.784. The SMILES string of the molecule is COc1ccc(C(=O)NCc2cn(C)c3ccc(OC)cc23)cc1. The minimum absolute atomic E-state index is 0.113. The van der Waals surface area contributed by atoms with Gasteiger partial charge in [0.2, 0.25) is 0 Å². The molecule has 1 aromatic heterocycles. The molecule has 0 radical (unpaired) electrons. The fourth-order valence-corrected chi connectivity index (χ4v) is 2.74. The Morgan fingerprint density at radius 1 is 1.04 bits per heavy atom. The lowest BCUT2D eigenvalue weighted by atomic mass is 10.1. The summed E-state index contributed by atoms with van der Waals surface area (Å²) in [6.45, 7) is 0.454. The summed E-state index contributed by atoms with van der Waals surface area (Å²) >= 11 is 0. The number of aryl methyl sites for hydroxylation is 1. The number of hydrogen-bond acceptors (Lipinski definition) is 3. The third-order valence-corrected chi connectivity index (χ3v) is 4.07. The highest BCUT2D eigenvalue weighted by Crippen LogP contribution is 2.25. The third kappa shape index (κ3) is 3.06. The molecule has 3 aromatic rings. The van der Waals surface area contributed by atoms with E-state index in [1.165, 1.54) is 0 Å². The van der Waals surface area contributed by atoms with Gasteiger partial charge in [-0.25, -0.2) is 0 Å². The van der Waals surface area contributed by atoms with Crippen molar-refractivity contribution in [3.8, 4) is 11.5 Å². The third-order valence-electron chi connectivity index (χ3n) is 4.07. The lowest BCUT2D eigenvalue weighted by Gasteiger charge is -2.06. The van der Waals surface area contributed by atoms with Crippen molar-refractivity contribution in [3.63, 3.8) is 0 Å². The monoisotopic (exact) mass is 324 g/mol. The number of nitrogens with zero attached hydrogens (tertiary/aromatic N) is 1. The zero-order valence-electron chi connectivity index (χ0n) is 14.0. The number of carbonyl (C=O) groups excluding carboxylic acids is 1. The number of hydrogen-bond donors (Lipinski definition) is 1. The molecule has 5 nitrogen and oxygen atoms in total. The van der Waals surface area contributed by atoms with Gasteiger partial charge in [-0.3, -0.25) is 4.79 Å². The Morgan fingerprint density at radius 2 is 1.71 bits per heavy atom. The molecule has 0 saturated heterocycles. The Hall–Kier alpha value is -2.95.